The highest BCUT2D eigenvalue weighted by Crippen LogP contribution is 2.15. The van der Waals surface area contributed by atoms with Gasteiger partial charge in [0.25, 0.3) is 0 Å². The van der Waals surface area contributed by atoms with Gasteiger partial charge in [0.05, 0.1) is 6.61 Å². The van der Waals surface area contributed by atoms with E-state index in [1.54, 1.807) is 6.07 Å². The number of nitrogens with two attached hydrogens (primary N) is 1. The molecule has 0 saturated heterocycles. The molecule has 2 aromatic rings. The maximum atomic E-state index is 13.1. The van der Waals surface area contributed by atoms with Crippen LogP contribution in [0.25, 0.3) is 0 Å². The lowest BCUT2D eigenvalue weighted by Crippen LogP contribution is -2.20. The van der Waals surface area contributed by atoms with Crippen molar-refractivity contribution in [2.45, 2.75) is 6.42 Å². The van der Waals surface area contributed by atoms with E-state index in [1.807, 2.05) is 42.3 Å². The van der Waals surface area contributed by atoms with E-state index < -0.39 is 0 Å². The van der Waals surface area contributed by atoms with Crippen molar-refractivity contribution >= 4 is 11.4 Å². The molecular formula is C16H19FN2O. The fraction of sp³-hybridized carbons (Fsp3) is 0.250. The highest BCUT2D eigenvalue weighted by molar-refractivity contribution is 5.45. The van der Waals surface area contributed by atoms with E-state index in [-0.39, 0.29) is 5.82 Å². The Morgan fingerprint density at radius 1 is 1.15 bits per heavy atom. The van der Waals surface area contributed by atoms with Gasteiger partial charge in [0.15, 0.2) is 0 Å². The summed E-state index contributed by atoms with van der Waals surface area (Å²) >= 11 is 0. The van der Waals surface area contributed by atoms with Crippen molar-refractivity contribution < 1.29 is 9.13 Å². The van der Waals surface area contributed by atoms with Gasteiger partial charge in [-0.25, -0.2) is 4.39 Å². The number of rotatable bonds is 6. The molecule has 0 aliphatic heterocycles. The molecule has 0 aliphatic carbocycles. The monoisotopic (exact) mass is 274 g/mol. The predicted octanol–water partition coefficient (Wildman–Crippen LogP) is 3.31. The second kappa shape index (κ2) is 6.80. The Morgan fingerprint density at radius 2 is 1.90 bits per heavy atom. The minimum absolute atomic E-state index is 0.215. The molecule has 106 valence electrons. The van der Waals surface area contributed by atoms with Gasteiger partial charge in [-0.1, -0.05) is 6.07 Å². The number of ether oxygens (including phenoxy) is 1. The molecule has 0 heterocycles. The summed E-state index contributed by atoms with van der Waals surface area (Å²) in [5.41, 5.74) is 7.20. The Bertz CT molecular complexity index is 542. The molecule has 4 heteroatoms. The largest absolute Gasteiger partial charge is 0.494 e. The first kappa shape index (κ1) is 14.2. The van der Waals surface area contributed by atoms with Crippen LogP contribution in [0, 0.1) is 5.82 Å². The smallest absolute Gasteiger partial charge is 0.125 e. The van der Waals surface area contributed by atoms with Gasteiger partial charge >= 0.3 is 0 Å². The standard InChI is InChI=1S/C16H19FN2O/c1-19(15-5-2-4-13(17)12-15)10-3-11-20-16-8-6-14(18)7-9-16/h2,4-9,12H,3,10-11,18H2,1H3. The molecule has 0 spiro atoms. The molecule has 3 nitrogen and oxygen atoms in total. The minimum atomic E-state index is -0.215. The Morgan fingerprint density at radius 3 is 2.60 bits per heavy atom. The normalized spacial score (nSPS) is 10.3. The van der Waals surface area contributed by atoms with Gasteiger partial charge in [0.1, 0.15) is 11.6 Å². The van der Waals surface area contributed by atoms with Crippen LogP contribution in [-0.4, -0.2) is 20.2 Å². The zero-order chi connectivity index (χ0) is 14.4. The fourth-order valence-electron chi connectivity index (χ4n) is 1.90. The molecule has 0 aliphatic rings. The van der Waals surface area contributed by atoms with Crippen LogP contribution in [0.2, 0.25) is 0 Å². The Balaban J connectivity index is 1.74. The van der Waals surface area contributed by atoms with Crippen LogP contribution >= 0.6 is 0 Å². The first-order valence-corrected chi connectivity index (χ1v) is 6.60. The topological polar surface area (TPSA) is 38.5 Å². The number of nitrogen functional groups attached to an aromatic ring is 1. The van der Waals surface area contributed by atoms with Crippen molar-refractivity contribution in [1.82, 2.24) is 0 Å². The summed E-state index contributed by atoms with van der Waals surface area (Å²) in [5, 5.41) is 0. The van der Waals surface area contributed by atoms with Gasteiger partial charge in [-0.3, -0.25) is 0 Å². The van der Waals surface area contributed by atoms with Crippen LogP contribution in [0.3, 0.4) is 0 Å². The second-order valence-corrected chi connectivity index (χ2v) is 4.67. The van der Waals surface area contributed by atoms with E-state index in [9.17, 15) is 4.39 Å². The SMILES string of the molecule is CN(CCCOc1ccc(N)cc1)c1cccc(F)c1. The molecule has 0 unspecified atom stereocenters. The van der Waals surface area contributed by atoms with Gasteiger partial charge < -0.3 is 15.4 Å². The summed E-state index contributed by atoms with van der Waals surface area (Å²) in [6.45, 7) is 1.42. The molecule has 0 atom stereocenters. The van der Waals surface area contributed by atoms with E-state index in [4.69, 9.17) is 10.5 Å². The fourth-order valence-corrected chi connectivity index (χ4v) is 1.90. The number of hydrogen-bond acceptors (Lipinski definition) is 3. The first-order valence-electron chi connectivity index (χ1n) is 6.60. The number of benzene rings is 2. The van der Waals surface area contributed by atoms with Gasteiger partial charge in [0, 0.05) is 25.0 Å². The van der Waals surface area contributed by atoms with Crippen LogP contribution in [0.4, 0.5) is 15.8 Å². The maximum Gasteiger partial charge on any atom is 0.125 e. The van der Waals surface area contributed by atoms with E-state index >= 15 is 0 Å². The van der Waals surface area contributed by atoms with E-state index in [0.717, 1.165) is 30.1 Å². The lowest BCUT2D eigenvalue weighted by atomic mass is 10.3. The van der Waals surface area contributed by atoms with E-state index in [2.05, 4.69) is 0 Å². The number of anilines is 2. The Kier molecular flexibility index (Phi) is 4.82. The molecule has 2 aromatic carbocycles. The van der Waals surface area contributed by atoms with Crippen molar-refractivity contribution in [2.75, 3.05) is 30.8 Å². The average Bonchev–Trinajstić information content (AvgIpc) is 2.45. The predicted molar refractivity (Wildman–Crippen MR) is 80.6 cm³/mol. The van der Waals surface area contributed by atoms with Crippen LogP contribution in [0.1, 0.15) is 6.42 Å². The van der Waals surface area contributed by atoms with Crippen LogP contribution in [-0.2, 0) is 0 Å². The summed E-state index contributed by atoms with van der Waals surface area (Å²) in [7, 11) is 1.94. The highest BCUT2D eigenvalue weighted by Gasteiger charge is 2.02. The Labute approximate surface area is 118 Å². The van der Waals surface area contributed by atoms with Gasteiger partial charge in [-0.15, -0.1) is 0 Å². The van der Waals surface area contributed by atoms with Crippen molar-refractivity contribution in [3.63, 3.8) is 0 Å². The third kappa shape index (κ3) is 4.16. The Hall–Kier alpha value is -2.23. The summed E-state index contributed by atoms with van der Waals surface area (Å²) in [6, 6.07) is 13.9. The molecule has 2 N–H and O–H groups in total. The zero-order valence-electron chi connectivity index (χ0n) is 11.6. The lowest BCUT2D eigenvalue weighted by molar-refractivity contribution is 0.312. The van der Waals surface area contributed by atoms with Crippen LogP contribution in [0.5, 0.6) is 5.75 Å². The molecule has 0 aromatic heterocycles. The van der Waals surface area contributed by atoms with Gasteiger partial charge in [0.2, 0.25) is 0 Å². The zero-order valence-corrected chi connectivity index (χ0v) is 11.6. The summed E-state index contributed by atoms with van der Waals surface area (Å²) in [5.74, 6) is 0.597. The van der Waals surface area contributed by atoms with Crippen LogP contribution in [0.15, 0.2) is 48.5 Å². The minimum Gasteiger partial charge on any atom is -0.494 e. The summed E-state index contributed by atoms with van der Waals surface area (Å²) < 4.78 is 18.7. The van der Waals surface area contributed by atoms with E-state index in [0.29, 0.717) is 6.61 Å². The average molecular weight is 274 g/mol. The lowest BCUT2D eigenvalue weighted by Gasteiger charge is -2.19. The molecule has 2 rings (SSSR count). The molecule has 0 radical (unpaired) electrons. The summed E-state index contributed by atoms with van der Waals surface area (Å²) in [4.78, 5) is 2.01. The molecular weight excluding hydrogens is 255 g/mol. The maximum absolute atomic E-state index is 13.1. The molecule has 0 fully saturated rings. The first-order chi connectivity index (χ1) is 9.65. The summed E-state index contributed by atoms with van der Waals surface area (Å²) in [6.07, 6.45) is 0.859. The highest BCUT2D eigenvalue weighted by atomic mass is 19.1. The number of hydrogen-bond donors (Lipinski definition) is 1. The second-order valence-electron chi connectivity index (χ2n) is 4.67. The third-order valence-corrected chi connectivity index (χ3v) is 3.04. The molecule has 0 saturated carbocycles. The molecule has 0 bridgehead atoms. The third-order valence-electron chi connectivity index (χ3n) is 3.04. The number of nitrogens with zero attached hydrogens (tertiary/aromatic N) is 1. The van der Waals surface area contributed by atoms with Crippen molar-refractivity contribution in [1.29, 1.82) is 0 Å². The van der Waals surface area contributed by atoms with Gasteiger partial charge in [-0.2, -0.15) is 0 Å². The van der Waals surface area contributed by atoms with Crippen molar-refractivity contribution in [3.8, 4) is 5.75 Å². The van der Waals surface area contributed by atoms with Crippen molar-refractivity contribution in [2.24, 2.45) is 0 Å². The molecule has 0 amide bonds. The van der Waals surface area contributed by atoms with Crippen molar-refractivity contribution in [3.05, 3.63) is 54.3 Å². The molecule has 20 heavy (non-hydrogen) atoms. The van der Waals surface area contributed by atoms with Crippen LogP contribution < -0.4 is 15.4 Å². The van der Waals surface area contributed by atoms with E-state index in [1.165, 1.54) is 12.1 Å². The number of halogens is 1. The quantitative estimate of drug-likeness (QED) is 0.648. The van der Waals surface area contributed by atoms with Gasteiger partial charge in [-0.05, 0) is 48.9 Å².